The molecule has 4 heteroatoms. The van der Waals surface area contributed by atoms with Gasteiger partial charge in [0.1, 0.15) is 18.2 Å². The molecule has 0 saturated carbocycles. The lowest BCUT2D eigenvalue weighted by atomic mass is 10.2. The SMILES string of the molecule is CCCNCc1cccc(OCc2ccc(F)cc2)c1.Cl. The maximum atomic E-state index is 12.8. The smallest absolute Gasteiger partial charge is 0.123 e. The molecule has 0 spiro atoms. The highest BCUT2D eigenvalue weighted by molar-refractivity contribution is 5.85. The summed E-state index contributed by atoms with van der Waals surface area (Å²) >= 11 is 0. The average molecular weight is 310 g/mol. The first-order valence-electron chi connectivity index (χ1n) is 6.95. The highest BCUT2D eigenvalue weighted by Crippen LogP contribution is 2.15. The standard InChI is InChI=1S/C17H20FNO.ClH/c1-2-10-19-12-15-4-3-5-17(11-15)20-13-14-6-8-16(18)9-7-14;/h3-9,11,19H,2,10,12-13H2,1H3;1H. The summed E-state index contributed by atoms with van der Waals surface area (Å²) in [6.45, 7) is 4.46. The molecule has 0 radical (unpaired) electrons. The summed E-state index contributed by atoms with van der Waals surface area (Å²) in [6, 6.07) is 14.4. The Hall–Kier alpha value is -1.58. The molecular formula is C17H21ClFNO. The van der Waals surface area contributed by atoms with Crippen molar-refractivity contribution >= 4 is 12.4 Å². The van der Waals surface area contributed by atoms with E-state index in [1.807, 2.05) is 18.2 Å². The van der Waals surface area contributed by atoms with Crippen LogP contribution >= 0.6 is 12.4 Å². The van der Waals surface area contributed by atoms with Gasteiger partial charge in [0.25, 0.3) is 0 Å². The second-order valence-corrected chi connectivity index (χ2v) is 4.74. The molecule has 0 atom stereocenters. The van der Waals surface area contributed by atoms with E-state index in [0.717, 1.165) is 30.8 Å². The Morgan fingerprint density at radius 1 is 1.05 bits per heavy atom. The Morgan fingerprint density at radius 2 is 1.81 bits per heavy atom. The molecule has 0 aliphatic rings. The van der Waals surface area contributed by atoms with E-state index < -0.39 is 0 Å². The Morgan fingerprint density at radius 3 is 2.52 bits per heavy atom. The minimum Gasteiger partial charge on any atom is -0.489 e. The minimum absolute atomic E-state index is 0. The quantitative estimate of drug-likeness (QED) is 0.769. The molecule has 0 amide bonds. The molecule has 2 nitrogen and oxygen atoms in total. The van der Waals surface area contributed by atoms with Gasteiger partial charge in [-0.25, -0.2) is 4.39 Å². The monoisotopic (exact) mass is 309 g/mol. The summed E-state index contributed by atoms with van der Waals surface area (Å²) in [5.74, 6) is 0.614. The lowest BCUT2D eigenvalue weighted by Crippen LogP contribution is -2.13. The van der Waals surface area contributed by atoms with Crippen molar-refractivity contribution in [2.75, 3.05) is 6.54 Å². The first kappa shape index (κ1) is 17.5. The van der Waals surface area contributed by atoms with E-state index in [1.165, 1.54) is 17.7 Å². The summed E-state index contributed by atoms with van der Waals surface area (Å²) in [5, 5.41) is 3.36. The third-order valence-electron chi connectivity index (χ3n) is 2.97. The summed E-state index contributed by atoms with van der Waals surface area (Å²) in [4.78, 5) is 0. The van der Waals surface area contributed by atoms with Crippen LogP contribution in [0.3, 0.4) is 0 Å². The molecule has 114 valence electrons. The molecule has 0 aliphatic heterocycles. The van der Waals surface area contributed by atoms with Gasteiger partial charge >= 0.3 is 0 Å². The van der Waals surface area contributed by atoms with Gasteiger partial charge in [0.2, 0.25) is 0 Å². The fourth-order valence-electron chi connectivity index (χ4n) is 1.90. The van der Waals surface area contributed by atoms with Crippen LogP contribution in [0.4, 0.5) is 4.39 Å². The summed E-state index contributed by atoms with van der Waals surface area (Å²) in [7, 11) is 0. The molecule has 0 bridgehead atoms. The van der Waals surface area contributed by atoms with E-state index in [9.17, 15) is 4.39 Å². The van der Waals surface area contributed by atoms with Gasteiger partial charge < -0.3 is 10.1 Å². The summed E-state index contributed by atoms with van der Waals surface area (Å²) < 4.78 is 18.5. The maximum absolute atomic E-state index is 12.8. The molecule has 1 N–H and O–H groups in total. The van der Waals surface area contributed by atoms with Crippen molar-refractivity contribution in [3.8, 4) is 5.75 Å². The fourth-order valence-corrected chi connectivity index (χ4v) is 1.90. The van der Waals surface area contributed by atoms with Gasteiger partial charge in [0.05, 0.1) is 0 Å². The predicted molar refractivity (Wildman–Crippen MR) is 86.4 cm³/mol. The molecular weight excluding hydrogens is 289 g/mol. The first-order valence-corrected chi connectivity index (χ1v) is 6.95. The number of nitrogens with one attached hydrogen (secondary N) is 1. The van der Waals surface area contributed by atoms with Gasteiger partial charge in [-0.3, -0.25) is 0 Å². The van der Waals surface area contributed by atoms with Gasteiger partial charge in [-0.2, -0.15) is 0 Å². The Bertz CT molecular complexity index is 531. The third kappa shape index (κ3) is 6.15. The second kappa shape index (κ2) is 9.37. The van der Waals surface area contributed by atoms with E-state index in [1.54, 1.807) is 12.1 Å². The fraction of sp³-hybridized carbons (Fsp3) is 0.294. The van der Waals surface area contributed by atoms with Crippen LogP contribution in [0.1, 0.15) is 24.5 Å². The van der Waals surface area contributed by atoms with E-state index in [0.29, 0.717) is 6.61 Å². The molecule has 21 heavy (non-hydrogen) atoms. The van der Waals surface area contributed by atoms with Crippen molar-refractivity contribution in [3.63, 3.8) is 0 Å². The Kier molecular flexibility index (Phi) is 7.80. The number of ether oxygens (including phenoxy) is 1. The second-order valence-electron chi connectivity index (χ2n) is 4.74. The average Bonchev–Trinajstić information content (AvgIpc) is 2.47. The lowest BCUT2D eigenvalue weighted by molar-refractivity contribution is 0.305. The zero-order valence-electron chi connectivity index (χ0n) is 12.1. The Balaban J connectivity index is 0.00000220. The van der Waals surface area contributed by atoms with Crippen molar-refractivity contribution in [1.82, 2.24) is 5.32 Å². The van der Waals surface area contributed by atoms with E-state index in [-0.39, 0.29) is 18.2 Å². The highest BCUT2D eigenvalue weighted by atomic mass is 35.5. The van der Waals surface area contributed by atoms with Crippen molar-refractivity contribution < 1.29 is 9.13 Å². The van der Waals surface area contributed by atoms with Crippen LogP contribution in [-0.2, 0) is 13.2 Å². The van der Waals surface area contributed by atoms with E-state index >= 15 is 0 Å². The third-order valence-corrected chi connectivity index (χ3v) is 2.97. The van der Waals surface area contributed by atoms with E-state index in [4.69, 9.17) is 4.74 Å². The van der Waals surface area contributed by atoms with Crippen molar-refractivity contribution in [2.45, 2.75) is 26.5 Å². The predicted octanol–water partition coefficient (Wildman–Crippen LogP) is 4.33. The number of halogens is 2. The zero-order chi connectivity index (χ0) is 14.2. The van der Waals surface area contributed by atoms with Crippen molar-refractivity contribution in [3.05, 3.63) is 65.5 Å². The van der Waals surface area contributed by atoms with Crippen LogP contribution in [0.2, 0.25) is 0 Å². The molecule has 2 rings (SSSR count). The minimum atomic E-state index is -0.224. The van der Waals surface area contributed by atoms with Crippen LogP contribution in [0.15, 0.2) is 48.5 Å². The number of hydrogen-bond donors (Lipinski definition) is 1. The molecule has 0 aliphatic carbocycles. The van der Waals surface area contributed by atoms with Crippen molar-refractivity contribution in [1.29, 1.82) is 0 Å². The number of benzene rings is 2. The molecule has 2 aromatic rings. The van der Waals surface area contributed by atoms with Gasteiger partial charge in [-0.05, 0) is 48.4 Å². The molecule has 0 saturated heterocycles. The van der Waals surface area contributed by atoms with Gasteiger partial charge in [-0.1, -0.05) is 31.2 Å². The van der Waals surface area contributed by atoms with Crippen molar-refractivity contribution in [2.24, 2.45) is 0 Å². The van der Waals surface area contributed by atoms with Gasteiger partial charge in [0.15, 0.2) is 0 Å². The largest absolute Gasteiger partial charge is 0.489 e. The summed E-state index contributed by atoms with van der Waals surface area (Å²) in [6.07, 6.45) is 1.13. The maximum Gasteiger partial charge on any atom is 0.123 e. The number of rotatable bonds is 7. The van der Waals surface area contributed by atoms with Crippen LogP contribution in [-0.4, -0.2) is 6.54 Å². The van der Waals surface area contributed by atoms with Gasteiger partial charge in [0, 0.05) is 6.54 Å². The van der Waals surface area contributed by atoms with Crippen LogP contribution in [0.25, 0.3) is 0 Å². The lowest BCUT2D eigenvalue weighted by Gasteiger charge is -2.09. The zero-order valence-corrected chi connectivity index (χ0v) is 13.0. The topological polar surface area (TPSA) is 21.3 Å². The number of hydrogen-bond acceptors (Lipinski definition) is 2. The molecule has 0 heterocycles. The van der Waals surface area contributed by atoms with Crippen LogP contribution < -0.4 is 10.1 Å². The van der Waals surface area contributed by atoms with Crippen LogP contribution in [0.5, 0.6) is 5.75 Å². The van der Waals surface area contributed by atoms with E-state index in [2.05, 4.69) is 18.3 Å². The molecule has 0 fully saturated rings. The normalized spacial score (nSPS) is 10.0. The Labute approximate surface area is 131 Å². The van der Waals surface area contributed by atoms with Gasteiger partial charge in [-0.15, -0.1) is 12.4 Å². The first-order chi connectivity index (χ1) is 9.78. The van der Waals surface area contributed by atoms with Crippen LogP contribution in [0, 0.1) is 5.82 Å². The highest BCUT2D eigenvalue weighted by Gasteiger charge is 1.99. The molecule has 0 unspecified atom stereocenters. The molecule has 2 aromatic carbocycles. The molecule has 0 aromatic heterocycles. The summed E-state index contributed by atoms with van der Waals surface area (Å²) in [5.41, 5.74) is 2.16.